The van der Waals surface area contributed by atoms with E-state index in [1.54, 1.807) is 30.3 Å². The summed E-state index contributed by atoms with van der Waals surface area (Å²) >= 11 is 1.07. The van der Waals surface area contributed by atoms with Crippen molar-refractivity contribution in [3.05, 3.63) is 96.3 Å². The predicted molar refractivity (Wildman–Crippen MR) is 112 cm³/mol. The van der Waals surface area contributed by atoms with Crippen LogP contribution in [0.4, 0.5) is 10.1 Å². The summed E-state index contributed by atoms with van der Waals surface area (Å²) in [4.78, 5) is 14.3. The van der Waals surface area contributed by atoms with Crippen molar-refractivity contribution < 1.29 is 17.6 Å². The van der Waals surface area contributed by atoms with Crippen LogP contribution < -0.4 is 4.90 Å². The molecular weight excluding hydrogens is 411 g/mol. The number of amidine groups is 1. The van der Waals surface area contributed by atoms with E-state index in [9.17, 15) is 17.6 Å². The monoisotopic (exact) mass is 426 g/mol. The molecule has 1 atom stereocenters. The number of anilines is 1. The van der Waals surface area contributed by atoms with Crippen LogP contribution in [0.15, 0.2) is 94.2 Å². The first-order chi connectivity index (χ1) is 14.0. The van der Waals surface area contributed by atoms with Gasteiger partial charge in [0.05, 0.1) is 10.6 Å². The zero-order valence-electron chi connectivity index (χ0n) is 15.0. The molecule has 1 amide bonds. The Balaban J connectivity index is 1.79. The molecule has 1 unspecified atom stereocenters. The fourth-order valence-electron chi connectivity index (χ4n) is 2.90. The zero-order valence-corrected chi connectivity index (χ0v) is 16.6. The third-order valence-corrected chi connectivity index (χ3v) is 6.88. The fourth-order valence-corrected chi connectivity index (χ4v) is 5.25. The van der Waals surface area contributed by atoms with Gasteiger partial charge in [-0.1, -0.05) is 60.3 Å². The minimum atomic E-state index is -4.12. The lowest BCUT2D eigenvalue weighted by Gasteiger charge is -2.16. The zero-order chi connectivity index (χ0) is 20.4. The molecule has 3 aromatic carbocycles. The summed E-state index contributed by atoms with van der Waals surface area (Å²) in [5, 5.41) is -0.557. The molecular formula is C21H15FN2O3S2. The Morgan fingerprint density at radius 1 is 0.862 bits per heavy atom. The molecule has 0 radical (unpaired) electrons. The van der Waals surface area contributed by atoms with Gasteiger partial charge in [-0.05, 0) is 42.0 Å². The maximum atomic E-state index is 13.2. The lowest BCUT2D eigenvalue weighted by molar-refractivity contribution is -0.117. The molecule has 146 valence electrons. The number of carbonyl (C=O) groups excluding carboxylic acids is 1. The van der Waals surface area contributed by atoms with Gasteiger partial charge in [0.1, 0.15) is 11.1 Å². The van der Waals surface area contributed by atoms with Crippen LogP contribution in [-0.2, 0) is 14.8 Å². The topological polar surface area (TPSA) is 66.8 Å². The van der Waals surface area contributed by atoms with E-state index < -0.39 is 21.1 Å². The van der Waals surface area contributed by atoms with Gasteiger partial charge in [-0.2, -0.15) is 8.42 Å². The Morgan fingerprint density at radius 2 is 1.45 bits per heavy atom. The van der Waals surface area contributed by atoms with Crippen molar-refractivity contribution >= 4 is 38.5 Å². The summed E-state index contributed by atoms with van der Waals surface area (Å²) in [6, 6.07) is 22.3. The van der Waals surface area contributed by atoms with Gasteiger partial charge in [0.25, 0.3) is 15.9 Å². The number of rotatable bonds is 4. The summed E-state index contributed by atoms with van der Waals surface area (Å²) in [5.74, 6) is -0.822. The average Bonchev–Trinajstić information content (AvgIpc) is 3.05. The van der Waals surface area contributed by atoms with Gasteiger partial charge in [0, 0.05) is 0 Å². The Morgan fingerprint density at radius 3 is 2.07 bits per heavy atom. The molecule has 1 heterocycles. The van der Waals surface area contributed by atoms with Gasteiger partial charge < -0.3 is 0 Å². The molecule has 0 spiro atoms. The number of nitrogens with zero attached hydrogens (tertiary/aromatic N) is 2. The van der Waals surface area contributed by atoms with E-state index in [0.717, 1.165) is 41.6 Å². The molecule has 29 heavy (non-hydrogen) atoms. The van der Waals surface area contributed by atoms with E-state index >= 15 is 0 Å². The smallest absolute Gasteiger partial charge is 0.272 e. The molecule has 4 rings (SSSR count). The molecule has 1 aliphatic rings. The standard InChI is InChI=1S/C21H15FN2O3S2/c22-16-11-13-18(14-12-16)29(26,27)23-21-24(17-9-5-2-6-10-17)20(25)19(28-21)15-7-3-1-4-8-15/h1-14,19H. The molecule has 8 heteroatoms. The van der Waals surface area contributed by atoms with Crippen LogP contribution in [0.25, 0.3) is 0 Å². The Hall–Kier alpha value is -2.97. The molecule has 0 saturated carbocycles. The van der Waals surface area contributed by atoms with Gasteiger partial charge in [0.2, 0.25) is 0 Å². The molecule has 3 aromatic rings. The van der Waals surface area contributed by atoms with Crippen molar-refractivity contribution in [2.24, 2.45) is 4.40 Å². The summed E-state index contributed by atoms with van der Waals surface area (Å²) < 4.78 is 42.6. The first-order valence-corrected chi connectivity index (χ1v) is 11.0. The third-order valence-electron chi connectivity index (χ3n) is 4.29. The van der Waals surface area contributed by atoms with E-state index in [1.165, 1.54) is 4.90 Å². The van der Waals surface area contributed by atoms with Crippen molar-refractivity contribution in [3.63, 3.8) is 0 Å². The van der Waals surface area contributed by atoms with Crippen molar-refractivity contribution in [2.45, 2.75) is 10.1 Å². The second-order valence-electron chi connectivity index (χ2n) is 6.22. The van der Waals surface area contributed by atoms with Crippen LogP contribution in [0.3, 0.4) is 0 Å². The minimum absolute atomic E-state index is 0.0550. The number of carbonyl (C=O) groups is 1. The molecule has 0 bridgehead atoms. The maximum absolute atomic E-state index is 13.2. The molecule has 1 aliphatic heterocycles. The Bertz CT molecular complexity index is 1170. The van der Waals surface area contributed by atoms with Crippen LogP contribution in [0.5, 0.6) is 0 Å². The van der Waals surface area contributed by atoms with Gasteiger partial charge in [-0.25, -0.2) is 4.39 Å². The summed E-state index contributed by atoms with van der Waals surface area (Å²) in [7, 11) is -4.12. The number of benzene rings is 3. The molecule has 0 aliphatic carbocycles. The number of para-hydroxylation sites is 1. The lowest BCUT2D eigenvalue weighted by Crippen LogP contribution is -2.30. The van der Waals surface area contributed by atoms with E-state index in [4.69, 9.17) is 0 Å². The largest absolute Gasteiger partial charge is 0.284 e. The Labute approximate surface area is 172 Å². The first kappa shape index (κ1) is 19.4. The lowest BCUT2D eigenvalue weighted by atomic mass is 10.1. The van der Waals surface area contributed by atoms with Crippen LogP contribution in [0, 0.1) is 5.82 Å². The second kappa shape index (κ2) is 7.81. The van der Waals surface area contributed by atoms with Crippen LogP contribution >= 0.6 is 11.8 Å². The van der Waals surface area contributed by atoms with E-state index in [0.29, 0.717) is 5.69 Å². The van der Waals surface area contributed by atoms with E-state index in [-0.39, 0.29) is 16.0 Å². The van der Waals surface area contributed by atoms with E-state index in [1.807, 2.05) is 30.3 Å². The number of thioether (sulfide) groups is 1. The van der Waals surface area contributed by atoms with Crippen LogP contribution in [0.1, 0.15) is 10.8 Å². The van der Waals surface area contributed by atoms with Crippen LogP contribution in [-0.4, -0.2) is 19.5 Å². The number of sulfonamides is 1. The highest BCUT2D eigenvalue weighted by Gasteiger charge is 2.41. The Kier molecular flexibility index (Phi) is 5.21. The molecule has 1 saturated heterocycles. The van der Waals surface area contributed by atoms with Crippen molar-refractivity contribution in [3.8, 4) is 0 Å². The average molecular weight is 426 g/mol. The van der Waals surface area contributed by atoms with Gasteiger partial charge in [-0.15, -0.1) is 4.40 Å². The quantitative estimate of drug-likeness (QED) is 0.621. The summed E-state index contributed by atoms with van der Waals surface area (Å²) in [6.07, 6.45) is 0. The highest BCUT2D eigenvalue weighted by molar-refractivity contribution is 8.16. The number of hydrogen-bond acceptors (Lipinski definition) is 4. The molecule has 0 aromatic heterocycles. The molecule has 0 N–H and O–H groups in total. The minimum Gasteiger partial charge on any atom is -0.272 e. The van der Waals surface area contributed by atoms with Crippen molar-refractivity contribution in [1.29, 1.82) is 0 Å². The first-order valence-electron chi connectivity index (χ1n) is 8.67. The van der Waals surface area contributed by atoms with E-state index in [2.05, 4.69) is 4.40 Å². The third kappa shape index (κ3) is 3.94. The maximum Gasteiger partial charge on any atom is 0.284 e. The van der Waals surface area contributed by atoms with Crippen molar-refractivity contribution in [1.82, 2.24) is 0 Å². The number of hydrogen-bond donors (Lipinski definition) is 0. The van der Waals surface area contributed by atoms with Gasteiger partial charge >= 0.3 is 0 Å². The normalized spacial score (nSPS) is 18.4. The highest BCUT2D eigenvalue weighted by Crippen LogP contribution is 2.42. The van der Waals surface area contributed by atoms with Gasteiger partial charge in [-0.3, -0.25) is 9.69 Å². The van der Waals surface area contributed by atoms with Crippen molar-refractivity contribution in [2.75, 3.05) is 4.90 Å². The van der Waals surface area contributed by atoms with Gasteiger partial charge in [0.15, 0.2) is 5.17 Å². The number of halogens is 1. The summed E-state index contributed by atoms with van der Waals surface area (Å²) in [6.45, 7) is 0. The summed E-state index contributed by atoms with van der Waals surface area (Å²) in [5.41, 5.74) is 1.28. The molecule has 1 fully saturated rings. The second-order valence-corrected chi connectivity index (χ2v) is 8.90. The predicted octanol–water partition coefficient (Wildman–Crippen LogP) is 4.39. The highest BCUT2D eigenvalue weighted by atomic mass is 32.2. The van der Waals surface area contributed by atoms with Crippen LogP contribution in [0.2, 0.25) is 0 Å². The SMILES string of the molecule is O=C1C(c2ccccc2)SC(=NS(=O)(=O)c2ccc(F)cc2)N1c1ccccc1. The molecule has 5 nitrogen and oxygen atoms in total. The number of amides is 1. The fraction of sp³-hybridized carbons (Fsp3) is 0.0476.